The molecule has 0 aliphatic carbocycles. The number of rotatable bonds is 7. The molecule has 5 heteroatoms. The van der Waals surface area contributed by atoms with Crippen molar-refractivity contribution in [3.63, 3.8) is 0 Å². The van der Waals surface area contributed by atoms with Gasteiger partial charge >= 0.3 is 0 Å². The summed E-state index contributed by atoms with van der Waals surface area (Å²) in [7, 11) is 0. The summed E-state index contributed by atoms with van der Waals surface area (Å²) in [5, 5.41) is 3.38. The molecule has 1 N–H and O–H groups in total. The van der Waals surface area contributed by atoms with Gasteiger partial charge in [-0.25, -0.2) is 4.99 Å². The van der Waals surface area contributed by atoms with E-state index in [1.54, 1.807) is 0 Å². The molecule has 0 radical (unpaired) electrons. The molecule has 1 aromatic carbocycles. The Morgan fingerprint density at radius 2 is 1.92 bits per heavy atom. The first-order valence-electron chi connectivity index (χ1n) is 9.07. The van der Waals surface area contributed by atoms with Crippen molar-refractivity contribution in [2.24, 2.45) is 4.99 Å². The van der Waals surface area contributed by atoms with Gasteiger partial charge in [-0.15, -0.1) is 0 Å². The highest BCUT2D eigenvalue weighted by Gasteiger charge is 2.21. The van der Waals surface area contributed by atoms with Gasteiger partial charge in [0.05, 0.1) is 12.6 Å². The standard InChI is InChI=1S/C19H31N3O2/c1-4-20-19(22-13-10-18(11-14-22)23-5-2)21-12-15-24-17-8-6-16(3)7-9-17/h6-9,18H,4-5,10-15H2,1-3H3,(H,20,21). The van der Waals surface area contributed by atoms with Crippen LogP contribution in [0.2, 0.25) is 0 Å². The van der Waals surface area contributed by atoms with Crippen molar-refractivity contribution in [3.8, 4) is 5.75 Å². The smallest absolute Gasteiger partial charge is 0.194 e. The molecular weight excluding hydrogens is 302 g/mol. The minimum atomic E-state index is 0.402. The third-order valence-corrected chi connectivity index (χ3v) is 4.12. The number of ether oxygens (including phenoxy) is 2. The predicted octanol–water partition coefficient (Wildman–Crippen LogP) is 2.84. The van der Waals surface area contributed by atoms with Crippen LogP contribution in [-0.2, 0) is 4.74 Å². The number of piperidine rings is 1. The van der Waals surface area contributed by atoms with Gasteiger partial charge in [-0.05, 0) is 45.7 Å². The Bertz CT molecular complexity index is 494. The average Bonchev–Trinajstić information content (AvgIpc) is 2.60. The van der Waals surface area contributed by atoms with Gasteiger partial charge in [-0.2, -0.15) is 0 Å². The van der Waals surface area contributed by atoms with Crippen LogP contribution in [-0.4, -0.2) is 56.4 Å². The molecule has 24 heavy (non-hydrogen) atoms. The van der Waals surface area contributed by atoms with Crippen LogP contribution in [0.5, 0.6) is 5.75 Å². The zero-order chi connectivity index (χ0) is 17.2. The molecule has 1 heterocycles. The molecule has 1 saturated heterocycles. The number of nitrogens with one attached hydrogen (secondary N) is 1. The lowest BCUT2D eigenvalue weighted by Crippen LogP contribution is -2.47. The molecule has 0 aromatic heterocycles. The van der Waals surface area contributed by atoms with E-state index in [4.69, 9.17) is 14.5 Å². The van der Waals surface area contributed by atoms with Crippen LogP contribution in [0.4, 0.5) is 0 Å². The summed E-state index contributed by atoms with van der Waals surface area (Å²) in [4.78, 5) is 7.03. The zero-order valence-electron chi connectivity index (χ0n) is 15.3. The van der Waals surface area contributed by atoms with Gasteiger partial charge in [0.2, 0.25) is 0 Å². The molecule has 0 unspecified atom stereocenters. The van der Waals surface area contributed by atoms with Crippen molar-refractivity contribution in [1.82, 2.24) is 10.2 Å². The van der Waals surface area contributed by atoms with Crippen LogP contribution in [0.1, 0.15) is 32.3 Å². The third-order valence-electron chi connectivity index (χ3n) is 4.12. The highest BCUT2D eigenvalue weighted by molar-refractivity contribution is 5.80. The number of guanidine groups is 1. The molecular formula is C19H31N3O2. The molecule has 0 amide bonds. The van der Waals surface area contributed by atoms with E-state index in [1.165, 1.54) is 5.56 Å². The molecule has 0 spiro atoms. The summed E-state index contributed by atoms with van der Waals surface area (Å²) in [5.74, 6) is 1.89. The first-order chi connectivity index (χ1) is 11.7. The van der Waals surface area contributed by atoms with Crippen LogP contribution < -0.4 is 10.1 Å². The number of hydrogen-bond donors (Lipinski definition) is 1. The molecule has 134 valence electrons. The van der Waals surface area contributed by atoms with E-state index in [2.05, 4.69) is 43.1 Å². The molecule has 0 saturated carbocycles. The van der Waals surface area contributed by atoms with E-state index in [9.17, 15) is 0 Å². The minimum Gasteiger partial charge on any atom is -0.492 e. The number of aliphatic imine (C=N–C) groups is 1. The average molecular weight is 333 g/mol. The number of hydrogen-bond acceptors (Lipinski definition) is 3. The summed E-state index contributed by atoms with van der Waals surface area (Å²) in [6.07, 6.45) is 2.54. The molecule has 1 aliphatic rings. The molecule has 0 bridgehead atoms. The van der Waals surface area contributed by atoms with Gasteiger partial charge in [-0.3, -0.25) is 0 Å². The van der Waals surface area contributed by atoms with Crippen molar-refractivity contribution < 1.29 is 9.47 Å². The van der Waals surface area contributed by atoms with Gasteiger partial charge in [0.25, 0.3) is 0 Å². The summed E-state index contributed by atoms with van der Waals surface area (Å²) in [6, 6.07) is 8.13. The fraction of sp³-hybridized carbons (Fsp3) is 0.632. The number of benzene rings is 1. The maximum atomic E-state index is 5.75. The van der Waals surface area contributed by atoms with E-state index in [0.717, 1.165) is 50.8 Å². The summed E-state index contributed by atoms with van der Waals surface area (Å²) in [5.41, 5.74) is 1.24. The Labute approximate surface area is 146 Å². The van der Waals surface area contributed by atoms with Crippen molar-refractivity contribution in [1.29, 1.82) is 0 Å². The van der Waals surface area contributed by atoms with Crippen LogP contribution in [0.3, 0.4) is 0 Å². The van der Waals surface area contributed by atoms with Gasteiger partial charge in [-0.1, -0.05) is 17.7 Å². The number of likely N-dealkylation sites (tertiary alicyclic amines) is 1. The topological polar surface area (TPSA) is 46.1 Å². The van der Waals surface area contributed by atoms with Crippen molar-refractivity contribution >= 4 is 5.96 Å². The molecule has 2 rings (SSSR count). The Morgan fingerprint density at radius 1 is 1.21 bits per heavy atom. The number of nitrogens with zero attached hydrogens (tertiary/aromatic N) is 2. The van der Waals surface area contributed by atoms with Crippen LogP contribution >= 0.6 is 0 Å². The Balaban J connectivity index is 1.79. The predicted molar refractivity (Wildman–Crippen MR) is 98.9 cm³/mol. The second kappa shape index (κ2) is 10.2. The lowest BCUT2D eigenvalue weighted by Gasteiger charge is -2.34. The zero-order valence-corrected chi connectivity index (χ0v) is 15.3. The van der Waals surface area contributed by atoms with Gasteiger partial charge in [0, 0.05) is 26.2 Å². The summed E-state index contributed by atoms with van der Waals surface area (Å²) < 4.78 is 11.5. The SMILES string of the molecule is CCNC(=NCCOc1ccc(C)cc1)N1CCC(OCC)CC1. The van der Waals surface area contributed by atoms with Gasteiger partial charge in [0.15, 0.2) is 5.96 Å². The van der Waals surface area contributed by atoms with Crippen LogP contribution in [0.25, 0.3) is 0 Å². The second-order valence-electron chi connectivity index (χ2n) is 6.04. The maximum absolute atomic E-state index is 5.75. The van der Waals surface area contributed by atoms with Crippen molar-refractivity contribution in [2.75, 3.05) is 39.4 Å². The van der Waals surface area contributed by atoms with E-state index in [0.29, 0.717) is 19.3 Å². The Hall–Kier alpha value is -1.75. The minimum absolute atomic E-state index is 0.402. The quantitative estimate of drug-likeness (QED) is 0.473. The van der Waals surface area contributed by atoms with Crippen LogP contribution in [0, 0.1) is 6.92 Å². The normalized spacial score (nSPS) is 16.3. The van der Waals surface area contributed by atoms with E-state index < -0.39 is 0 Å². The molecule has 1 aromatic rings. The maximum Gasteiger partial charge on any atom is 0.194 e. The van der Waals surface area contributed by atoms with Crippen molar-refractivity contribution in [2.45, 2.75) is 39.7 Å². The lowest BCUT2D eigenvalue weighted by molar-refractivity contribution is 0.0263. The summed E-state index contributed by atoms with van der Waals surface area (Å²) >= 11 is 0. The van der Waals surface area contributed by atoms with E-state index >= 15 is 0 Å². The largest absolute Gasteiger partial charge is 0.492 e. The lowest BCUT2D eigenvalue weighted by atomic mass is 10.1. The first-order valence-corrected chi connectivity index (χ1v) is 9.07. The molecule has 1 fully saturated rings. The van der Waals surface area contributed by atoms with Crippen molar-refractivity contribution in [3.05, 3.63) is 29.8 Å². The molecule has 0 atom stereocenters. The van der Waals surface area contributed by atoms with E-state index in [1.807, 2.05) is 12.1 Å². The van der Waals surface area contributed by atoms with E-state index in [-0.39, 0.29) is 0 Å². The second-order valence-corrected chi connectivity index (χ2v) is 6.04. The first kappa shape index (κ1) is 18.6. The molecule has 1 aliphatic heterocycles. The van der Waals surface area contributed by atoms with Gasteiger partial charge in [0.1, 0.15) is 12.4 Å². The highest BCUT2D eigenvalue weighted by atomic mass is 16.5. The Kier molecular flexibility index (Phi) is 7.89. The fourth-order valence-electron chi connectivity index (χ4n) is 2.85. The molecule has 5 nitrogen and oxygen atoms in total. The summed E-state index contributed by atoms with van der Waals surface area (Å²) in [6.45, 7) is 11.2. The highest BCUT2D eigenvalue weighted by Crippen LogP contribution is 2.14. The van der Waals surface area contributed by atoms with Gasteiger partial charge < -0.3 is 19.7 Å². The third kappa shape index (κ3) is 6.04. The Morgan fingerprint density at radius 3 is 2.54 bits per heavy atom. The monoisotopic (exact) mass is 333 g/mol. The van der Waals surface area contributed by atoms with Crippen LogP contribution in [0.15, 0.2) is 29.3 Å². The fourth-order valence-corrected chi connectivity index (χ4v) is 2.85. The number of aryl methyl sites for hydroxylation is 1.